The van der Waals surface area contributed by atoms with Crippen LogP contribution < -0.4 is 0 Å². The Morgan fingerprint density at radius 3 is 2.10 bits per heavy atom. The Labute approximate surface area is 65.0 Å². The zero-order valence-electron chi connectivity index (χ0n) is 7.60. The van der Waals surface area contributed by atoms with E-state index in [0.717, 1.165) is 5.71 Å². The van der Waals surface area contributed by atoms with Crippen LogP contribution in [0.5, 0.6) is 0 Å². The molecule has 0 bridgehead atoms. The maximum atomic E-state index is 4.57. The van der Waals surface area contributed by atoms with E-state index < -0.39 is 8.24 Å². The van der Waals surface area contributed by atoms with Gasteiger partial charge in [-0.05, 0) is 39.6 Å². The first-order chi connectivity index (χ1) is 4.45. The molecule has 58 valence electrons. The van der Waals surface area contributed by atoms with Crippen molar-refractivity contribution in [2.24, 2.45) is 4.66 Å². The van der Waals surface area contributed by atoms with Gasteiger partial charge in [0.25, 0.3) is 0 Å². The zero-order valence-corrected chi connectivity index (χ0v) is 8.60. The smallest absolute Gasteiger partial charge is 0.172 e. The lowest BCUT2D eigenvalue weighted by atomic mass is 10.4. The molecule has 1 nitrogen and oxygen atoms in total. The van der Waals surface area contributed by atoms with Crippen molar-refractivity contribution in [3.63, 3.8) is 0 Å². The Bertz CT molecular complexity index is 151. The van der Waals surface area contributed by atoms with E-state index in [4.69, 9.17) is 0 Å². The summed E-state index contributed by atoms with van der Waals surface area (Å²) in [6.07, 6.45) is 4.08. The first-order valence-electron chi connectivity index (χ1n) is 3.65. The van der Waals surface area contributed by atoms with Crippen molar-refractivity contribution in [1.82, 2.24) is 0 Å². The molecule has 0 rings (SSSR count). The Balaban J connectivity index is 4.17. The van der Waals surface area contributed by atoms with Crippen LogP contribution in [0.3, 0.4) is 0 Å². The van der Waals surface area contributed by atoms with Crippen LogP contribution in [0.15, 0.2) is 16.8 Å². The van der Waals surface area contributed by atoms with Crippen molar-refractivity contribution < 1.29 is 0 Å². The van der Waals surface area contributed by atoms with E-state index in [1.54, 1.807) is 0 Å². The van der Waals surface area contributed by atoms with Gasteiger partial charge in [-0.1, -0.05) is 6.08 Å². The van der Waals surface area contributed by atoms with Crippen LogP contribution in [-0.4, -0.2) is 13.9 Å². The molecule has 0 heterocycles. The number of allylic oxidation sites excluding steroid dienone is 2. The molecule has 0 aromatic heterocycles. The maximum Gasteiger partial charge on any atom is 0.172 e. The molecular weight excluding hydrogens is 138 g/mol. The molecule has 0 aromatic carbocycles. The second-order valence-corrected chi connectivity index (χ2v) is 7.99. The normalized spacial score (nSPS) is 14.7. The summed E-state index contributed by atoms with van der Waals surface area (Å²) in [4.78, 5) is 0. The van der Waals surface area contributed by atoms with Gasteiger partial charge in [0.2, 0.25) is 0 Å². The van der Waals surface area contributed by atoms with Gasteiger partial charge in [0.05, 0.1) is 0 Å². The molecule has 0 saturated heterocycles. The fourth-order valence-electron chi connectivity index (χ4n) is 0.808. The summed E-state index contributed by atoms with van der Waals surface area (Å²) in [7, 11) is -1.22. The molecule has 0 fully saturated rings. The number of hydrogen-bond donors (Lipinski definition) is 0. The minimum Gasteiger partial charge on any atom is -0.326 e. The lowest BCUT2D eigenvalue weighted by Gasteiger charge is -2.08. The van der Waals surface area contributed by atoms with Crippen LogP contribution >= 0.6 is 0 Å². The molecule has 2 heteroatoms. The van der Waals surface area contributed by atoms with E-state index in [1.165, 1.54) is 0 Å². The Kier molecular flexibility index (Phi) is 3.57. The molecule has 0 saturated carbocycles. The molecule has 0 N–H and O–H groups in total. The van der Waals surface area contributed by atoms with Crippen molar-refractivity contribution in [2.45, 2.75) is 33.5 Å². The van der Waals surface area contributed by atoms with Gasteiger partial charge in [-0.15, -0.1) is 0 Å². The molecule has 0 aliphatic heterocycles. The zero-order chi connectivity index (χ0) is 8.20. The van der Waals surface area contributed by atoms with E-state index >= 15 is 0 Å². The maximum absolute atomic E-state index is 4.57. The van der Waals surface area contributed by atoms with Crippen molar-refractivity contribution in [3.8, 4) is 0 Å². The lowest BCUT2D eigenvalue weighted by molar-refractivity contribution is 1.54. The van der Waals surface area contributed by atoms with Crippen LogP contribution in [0.25, 0.3) is 0 Å². The van der Waals surface area contributed by atoms with Gasteiger partial charge in [0.1, 0.15) is 0 Å². The molecule has 0 atom stereocenters. The Hall–Kier alpha value is -0.373. The molecular formula is C8H17NSi. The molecule has 10 heavy (non-hydrogen) atoms. The first-order valence-corrected chi connectivity index (χ1v) is 7.09. The Morgan fingerprint density at radius 1 is 1.30 bits per heavy atom. The highest BCUT2D eigenvalue weighted by atomic mass is 28.3. The van der Waals surface area contributed by atoms with E-state index in [-0.39, 0.29) is 0 Å². The summed E-state index contributed by atoms with van der Waals surface area (Å²) < 4.78 is 4.57. The van der Waals surface area contributed by atoms with Crippen molar-refractivity contribution in [2.75, 3.05) is 0 Å². The van der Waals surface area contributed by atoms with E-state index in [9.17, 15) is 0 Å². The van der Waals surface area contributed by atoms with Crippen molar-refractivity contribution in [1.29, 1.82) is 0 Å². The van der Waals surface area contributed by atoms with Gasteiger partial charge in [-0.25, -0.2) is 0 Å². The van der Waals surface area contributed by atoms with Gasteiger partial charge in [-0.3, -0.25) is 0 Å². The highest BCUT2D eigenvalue weighted by Gasteiger charge is 2.09. The minimum atomic E-state index is -1.22. The third-order valence-electron chi connectivity index (χ3n) is 0.920. The molecule has 0 aromatic rings. The second-order valence-electron chi connectivity index (χ2n) is 3.42. The van der Waals surface area contributed by atoms with Crippen LogP contribution in [0.4, 0.5) is 0 Å². The predicted molar refractivity (Wildman–Crippen MR) is 51.3 cm³/mol. The van der Waals surface area contributed by atoms with Crippen molar-refractivity contribution >= 4 is 13.9 Å². The quantitative estimate of drug-likeness (QED) is 0.429. The Morgan fingerprint density at radius 2 is 1.80 bits per heavy atom. The van der Waals surface area contributed by atoms with Gasteiger partial charge < -0.3 is 4.66 Å². The van der Waals surface area contributed by atoms with Crippen LogP contribution in [-0.2, 0) is 0 Å². The van der Waals surface area contributed by atoms with Crippen LogP contribution in [0.1, 0.15) is 13.8 Å². The summed E-state index contributed by atoms with van der Waals surface area (Å²) in [6, 6.07) is 0. The van der Waals surface area contributed by atoms with Gasteiger partial charge >= 0.3 is 0 Å². The summed E-state index contributed by atoms with van der Waals surface area (Å²) in [5, 5.41) is 0. The SMILES string of the molecule is C/C=C\C(C)=N[Si](C)(C)C. The third-order valence-corrected chi connectivity index (χ3v) is 1.94. The van der Waals surface area contributed by atoms with Gasteiger partial charge in [0, 0.05) is 5.71 Å². The van der Waals surface area contributed by atoms with Crippen molar-refractivity contribution in [3.05, 3.63) is 12.2 Å². The first kappa shape index (κ1) is 9.63. The molecule has 0 unspecified atom stereocenters. The van der Waals surface area contributed by atoms with Gasteiger partial charge in [-0.2, -0.15) is 0 Å². The predicted octanol–water partition coefficient (Wildman–Crippen LogP) is 2.86. The van der Waals surface area contributed by atoms with Gasteiger partial charge in [0.15, 0.2) is 8.24 Å². The summed E-state index contributed by atoms with van der Waals surface area (Å²) in [6.45, 7) is 10.8. The summed E-state index contributed by atoms with van der Waals surface area (Å²) in [5.74, 6) is 0. The molecule has 0 radical (unpaired) electrons. The minimum absolute atomic E-state index is 1.15. The molecule has 0 aliphatic rings. The number of rotatable bonds is 2. The molecule has 0 spiro atoms. The second kappa shape index (κ2) is 3.71. The third kappa shape index (κ3) is 5.76. The fourth-order valence-corrected chi connectivity index (χ4v) is 1.94. The topological polar surface area (TPSA) is 12.4 Å². The molecule has 0 aliphatic carbocycles. The summed E-state index contributed by atoms with van der Waals surface area (Å²) >= 11 is 0. The highest BCUT2D eigenvalue weighted by Crippen LogP contribution is 2.02. The standard InChI is InChI=1S/C8H17NSi/c1-6-7-8(2)9-10(3,4)5/h6-7H,1-5H3/b7-6-,9-8?. The molecule has 0 amide bonds. The van der Waals surface area contributed by atoms with E-state index in [0.29, 0.717) is 0 Å². The average Bonchev–Trinajstić information content (AvgIpc) is 1.59. The lowest BCUT2D eigenvalue weighted by Crippen LogP contribution is -2.17. The summed E-state index contributed by atoms with van der Waals surface area (Å²) in [5.41, 5.74) is 1.15. The monoisotopic (exact) mass is 155 g/mol. The van der Waals surface area contributed by atoms with E-state index in [1.807, 2.05) is 13.0 Å². The van der Waals surface area contributed by atoms with Crippen LogP contribution in [0.2, 0.25) is 19.6 Å². The number of nitrogens with zero attached hydrogens (tertiary/aromatic N) is 1. The fraction of sp³-hybridized carbons (Fsp3) is 0.625. The highest BCUT2D eigenvalue weighted by molar-refractivity contribution is 6.75. The number of hydrogen-bond acceptors (Lipinski definition) is 1. The van der Waals surface area contributed by atoms with E-state index in [2.05, 4.69) is 37.3 Å². The van der Waals surface area contributed by atoms with Crippen LogP contribution in [0, 0.1) is 0 Å². The average molecular weight is 155 g/mol. The largest absolute Gasteiger partial charge is 0.326 e.